The number of aliphatic hydroxyl groups is 1. The number of aromatic nitrogens is 2. The lowest BCUT2D eigenvalue weighted by molar-refractivity contribution is -0.144. The summed E-state index contributed by atoms with van der Waals surface area (Å²) in [6, 6.07) is 14.2. The summed E-state index contributed by atoms with van der Waals surface area (Å²) in [6.07, 6.45) is 7.62. The lowest BCUT2D eigenvalue weighted by atomic mass is 9.85. The van der Waals surface area contributed by atoms with Crippen molar-refractivity contribution in [3.63, 3.8) is 0 Å². The van der Waals surface area contributed by atoms with Crippen LogP contribution in [-0.4, -0.2) is 122 Å². The van der Waals surface area contributed by atoms with Gasteiger partial charge in [0.15, 0.2) is 21.6 Å². The zero-order valence-electron chi connectivity index (χ0n) is 39.3. The predicted molar refractivity (Wildman–Crippen MR) is 257 cm³/mol. The number of anilines is 1. The maximum absolute atomic E-state index is 15.3. The maximum atomic E-state index is 15.3. The van der Waals surface area contributed by atoms with Crippen molar-refractivity contribution in [2.24, 2.45) is 12.5 Å². The van der Waals surface area contributed by atoms with Crippen molar-refractivity contribution >= 4 is 58.2 Å². The van der Waals surface area contributed by atoms with E-state index >= 15 is 4.39 Å². The second-order valence-corrected chi connectivity index (χ2v) is 19.7. The van der Waals surface area contributed by atoms with Crippen molar-refractivity contribution in [1.82, 2.24) is 30.2 Å². The van der Waals surface area contributed by atoms with Crippen LogP contribution in [0.2, 0.25) is 0 Å². The van der Waals surface area contributed by atoms with E-state index in [4.69, 9.17) is 38.0 Å². The number of alkyl halides is 1. The molecule has 0 bridgehead atoms. The van der Waals surface area contributed by atoms with Crippen LogP contribution in [0.4, 0.5) is 10.1 Å². The highest BCUT2D eigenvalue weighted by molar-refractivity contribution is 7.80. The van der Waals surface area contributed by atoms with Gasteiger partial charge in [-0.2, -0.15) is 10.4 Å². The van der Waals surface area contributed by atoms with Crippen LogP contribution >= 0.6 is 23.8 Å². The molecule has 2 aliphatic heterocycles. The van der Waals surface area contributed by atoms with E-state index in [1.54, 1.807) is 53.9 Å². The van der Waals surface area contributed by atoms with E-state index in [1.807, 2.05) is 64.2 Å². The summed E-state index contributed by atoms with van der Waals surface area (Å²) in [5.74, 6) is -2.22. The average molecular weight is 976 g/mol. The second kappa shape index (κ2) is 22.1. The number of aryl methyl sites for hydroxylation is 1. The Kier molecular flexibility index (Phi) is 16.8. The number of carbonyl (C=O) groups is 4. The normalized spacial score (nSPS) is 20.6. The van der Waals surface area contributed by atoms with Crippen LogP contribution in [0.3, 0.4) is 0 Å². The van der Waals surface area contributed by atoms with E-state index in [-0.39, 0.29) is 62.5 Å². The third-order valence-corrected chi connectivity index (χ3v) is 12.7. The van der Waals surface area contributed by atoms with Gasteiger partial charge in [-0.25, -0.2) is 4.39 Å². The van der Waals surface area contributed by atoms with E-state index in [9.17, 15) is 29.5 Å². The number of benzene rings is 2. The lowest BCUT2D eigenvalue weighted by Gasteiger charge is -2.35. The van der Waals surface area contributed by atoms with Crippen LogP contribution < -0.4 is 20.3 Å². The van der Waals surface area contributed by atoms with Gasteiger partial charge in [0.2, 0.25) is 17.7 Å². The average Bonchev–Trinajstić information content (AvgIpc) is 3.96. The highest BCUT2D eigenvalue weighted by atomic mass is 35.5. The van der Waals surface area contributed by atoms with Gasteiger partial charge in [0, 0.05) is 76.4 Å². The summed E-state index contributed by atoms with van der Waals surface area (Å²) >= 11 is 12.1. The summed E-state index contributed by atoms with van der Waals surface area (Å²) in [6.45, 7) is 10.1. The molecular formula is C49H60ClFN8O8S. The van der Waals surface area contributed by atoms with Gasteiger partial charge in [-0.1, -0.05) is 62.7 Å². The summed E-state index contributed by atoms with van der Waals surface area (Å²) in [5, 5.41) is 30.1. The number of hydrogen-bond acceptors (Lipinski definition) is 11. The van der Waals surface area contributed by atoms with Gasteiger partial charge in [0.25, 0.3) is 5.91 Å². The first-order valence-electron chi connectivity index (χ1n) is 22.6. The molecule has 4 amide bonds. The molecule has 6 rings (SSSR count). The van der Waals surface area contributed by atoms with Gasteiger partial charge in [0.05, 0.1) is 24.5 Å². The number of nitrogens with zero attached hydrogens (tertiary/aromatic N) is 6. The Bertz CT molecular complexity index is 2450. The third kappa shape index (κ3) is 12.3. The van der Waals surface area contributed by atoms with Gasteiger partial charge in [0.1, 0.15) is 24.2 Å². The quantitative estimate of drug-likeness (QED) is 0.0715. The number of unbranched alkanes of at least 4 members (excludes halogenated alkanes) is 1. The molecule has 1 aliphatic carbocycles. The topological polar surface area (TPSA) is 192 Å². The second-order valence-electron chi connectivity index (χ2n) is 18.7. The molecule has 3 aliphatic rings. The first-order chi connectivity index (χ1) is 32.2. The minimum absolute atomic E-state index is 0.0336. The van der Waals surface area contributed by atoms with Gasteiger partial charge in [-0.05, 0) is 92.2 Å². The fourth-order valence-corrected chi connectivity index (χ4v) is 8.99. The Labute approximate surface area is 407 Å². The van der Waals surface area contributed by atoms with Crippen molar-refractivity contribution in [2.75, 3.05) is 44.5 Å². The van der Waals surface area contributed by atoms with Crippen molar-refractivity contribution in [2.45, 2.75) is 102 Å². The number of allylic oxidation sites excluding steroid dienone is 4. The molecule has 19 heteroatoms. The van der Waals surface area contributed by atoms with Gasteiger partial charge in [-0.3, -0.25) is 28.8 Å². The molecule has 68 heavy (non-hydrogen) atoms. The summed E-state index contributed by atoms with van der Waals surface area (Å²) in [5.41, 5.74) is 1.81. The SMILES string of the molecule is Cn1nccc1-c1ccc(CNC(=O)[C@@H]2C[C@@H](O)CN2C(=O)C(NC(=O)COCCCOCCCCOc2ccc(N3C(=S)N(C4=CC=CC(Cl)(C#N)C4)C(=O)C3(C)C)cc2F)C(C)(C)C)cc1. The molecular weight excluding hydrogens is 915 g/mol. The minimum Gasteiger partial charge on any atom is -0.491 e. The smallest absolute Gasteiger partial charge is 0.258 e. The Balaban J connectivity index is 0.866. The zero-order valence-corrected chi connectivity index (χ0v) is 40.9. The molecule has 2 saturated heterocycles. The van der Waals surface area contributed by atoms with Crippen molar-refractivity contribution in [3.8, 4) is 23.1 Å². The predicted octanol–water partition coefficient (Wildman–Crippen LogP) is 5.67. The highest BCUT2D eigenvalue weighted by Gasteiger charge is 2.52. The third-order valence-electron chi connectivity index (χ3n) is 12.0. The number of nitrogens with one attached hydrogen (secondary N) is 2. The number of amides is 4. The van der Waals surface area contributed by atoms with Crippen molar-refractivity contribution in [1.29, 1.82) is 5.26 Å². The molecule has 4 atom stereocenters. The summed E-state index contributed by atoms with van der Waals surface area (Å²) in [7, 11) is 1.86. The van der Waals surface area contributed by atoms with Crippen LogP contribution in [0.5, 0.6) is 5.75 Å². The monoisotopic (exact) mass is 974 g/mol. The first-order valence-corrected chi connectivity index (χ1v) is 23.4. The fraction of sp³-hybridized carbons (Fsp3) is 0.490. The van der Waals surface area contributed by atoms with Gasteiger partial charge in [-0.15, -0.1) is 0 Å². The Morgan fingerprint density at radius 1 is 1.06 bits per heavy atom. The molecule has 3 heterocycles. The lowest BCUT2D eigenvalue weighted by Crippen LogP contribution is -2.58. The van der Waals surface area contributed by atoms with Crippen molar-refractivity contribution < 1.29 is 42.9 Å². The number of β-amino-alcohol motifs (C(OH)–C–C–N with tert-alkyl or cyclic N) is 1. The number of aliphatic hydroxyl groups excluding tert-OH is 1. The van der Waals surface area contributed by atoms with E-state index < -0.39 is 57.6 Å². The summed E-state index contributed by atoms with van der Waals surface area (Å²) < 4.78 is 34.1. The largest absolute Gasteiger partial charge is 0.491 e. The Morgan fingerprint density at radius 3 is 2.44 bits per heavy atom. The van der Waals surface area contributed by atoms with E-state index in [0.717, 1.165) is 16.8 Å². The number of ether oxygens (including phenoxy) is 3. The number of carbonyl (C=O) groups excluding carboxylic acids is 4. The highest BCUT2D eigenvalue weighted by Crippen LogP contribution is 2.40. The molecule has 1 aromatic heterocycles. The van der Waals surface area contributed by atoms with Crippen LogP contribution in [0, 0.1) is 22.6 Å². The fourth-order valence-electron chi connectivity index (χ4n) is 8.25. The molecule has 2 aromatic carbocycles. The first kappa shape index (κ1) is 51.7. The molecule has 16 nitrogen and oxygen atoms in total. The molecule has 0 spiro atoms. The molecule has 2 unspecified atom stereocenters. The summed E-state index contributed by atoms with van der Waals surface area (Å²) in [4.78, 5) is 56.9. The van der Waals surface area contributed by atoms with Crippen LogP contribution in [0.1, 0.15) is 72.3 Å². The van der Waals surface area contributed by atoms with Crippen molar-refractivity contribution in [3.05, 3.63) is 90.0 Å². The standard InChI is InChI=1S/C49H60ClFN8O8S/c1-47(2,3)42(44(63)57-29-36(60)26-39(57)43(62)53-28-32-12-14-33(15-13-32)38-18-20-54-56(38)6)55-41(61)30-66-23-10-22-65-21-7-8-24-67-40-17-16-34(25-37(40)51)59-46(68)58(45(64)48(59,4)5)35-11-9-19-49(50,27-35)31-52/h9,11-20,25,36,39,42,60H,7-8,10,21-24,26-30H2,1-6H3,(H,53,62)(H,55,61)/t36-,39+,42?,49?/m1/s1. The van der Waals surface area contributed by atoms with E-state index in [2.05, 4.69) is 15.7 Å². The molecule has 0 saturated carbocycles. The molecule has 3 aromatic rings. The number of halogens is 2. The number of likely N-dealkylation sites (tertiary alicyclic amines) is 1. The van der Waals surface area contributed by atoms with Gasteiger partial charge >= 0.3 is 0 Å². The van der Waals surface area contributed by atoms with Gasteiger partial charge < -0.3 is 39.8 Å². The molecule has 3 N–H and O–H groups in total. The molecule has 2 fully saturated rings. The number of rotatable bonds is 20. The Hall–Kier alpha value is -5.71. The van der Waals surface area contributed by atoms with Crippen LogP contribution in [0.25, 0.3) is 11.3 Å². The molecule has 364 valence electrons. The molecule has 0 radical (unpaired) electrons. The minimum atomic E-state index is -1.30. The number of thiocarbonyl (C=S) groups is 1. The van der Waals surface area contributed by atoms with Crippen LogP contribution in [0.15, 0.2) is 78.7 Å². The Morgan fingerprint density at radius 2 is 1.76 bits per heavy atom. The van der Waals surface area contributed by atoms with E-state index in [1.165, 1.54) is 21.9 Å². The maximum Gasteiger partial charge on any atom is 0.258 e. The zero-order chi connectivity index (χ0) is 49.4. The van der Waals surface area contributed by atoms with E-state index in [0.29, 0.717) is 43.9 Å². The number of hydrogen-bond donors (Lipinski definition) is 3. The van der Waals surface area contributed by atoms with Crippen LogP contribution in [-0.2, 0) is 42.2 Å². The number of nitriles is 1.